The molecule has 0 aliphatic heterocycles. The molecular weight excluding hydrogens is 55.0 g/mol. The van der Waals surface area contributed by atoms with Gasteiger partial charge in [0.25, 0.3) is 0 Å². The van der Waals surface area contributed by atoms with Gasteiger partial charge in [-0.05, 0) is 6.08 Å². The molecular formula is C3H2F. The fraction of sp³-hybridized carbons (Fsp3) is 0.333. The van der Waals surface area contributed by atoms with Crippen LogP contribution in [0.15, 0.2) is 5.83 Å². The molecule has 0 heterocycles. The second kappa shape index (κ2) is 0.341. The van der Waals surface area contributed by atoms with Crippen LogP contribution in [0.25, 0.3) is 0 Å². The van der Waals surface area contributed by atoms with Crippen LogP contribution in [0.5, 0.6) is 0 Å². The van der Waals surface area contributed by atoms with Crippen LogP contribution in [-0.4, -0.2) is 0 Å². The lowest BCUT2D eigenvalue weighted by molar-refractivity contribution is 0.671. The third kappa shape index (κ3) is 0.105. The van der Waals surface area contributed by atoms with Gasteiger partial charge in [0.15, 0.2) is 0 Å². The lowest BCUT2D eigenvalue weighted by Crippen LogP contribution is -1.20. The third-order valence-corrected chi connectivity index (χ3v) is 0.310. The normalized spacial score (nSPS) is 19.8. The van der Waals surface area contributed by atoms with Crippen LogP contribution in [0.1, 0.15) is 6.42 Å². The monoisotopic (exact) mass is 57.0 g/mol. The topological polar surface area (TPSA) is 0 Å². The molecule has 0 spiro atoms. The Bertz CT molecular complexity index is 54.3. The Morgan fingerprint density at radius 3 is 2.25 bits per heavy atom. The molecule has 1 rings (SSSR count). The zero-order valence-electron chi connectivity index (χ0n) is 2.09. The summed E-state index contributed by atoms with van der Waals surface area (Å²) in [6.07, 6.45) is 2.83. The summed E-state index contributed by atoms with van der Waals surface area (Å²) in [5, 5.41) is 0. The molecule has 0 unspecified atom stereocenters. The molecule has 1 aliphatic carbocycles. The van der Waals surface area contributed by atoms with Gasteiger partial charge in [-0.15, -0.1) is 0 Å². The van der Waals surface area contributed by atoms with Gasteiger partial charge in [0.2, 0.25) is 0 Å². The van der Waals surface area contributed by atoms with Gasteiger partial charge in [0.05, 0.1) is 0 Å². The summed E-state index contributed by atoms with van der Waals surface area (Å²) in [4.78, 5) is 0. The minimum absolute atomic E-state index is 0.0833. The van der Waals surface area contributed by atoms with Crippen LogP contribution < -0.4 is 0 Å². The molecule has 0 aromatic carbocycles. The minimum atomic E-state index is -0.0833. The van der Waals surface area contributed by atoms with E-state index in [2.05, 4.69) is 6.08 Å². The van der Waals surface area contributed by atoms with Crippen molar-refractivity contribution in [2.45, 2.75) is 6.42 Å². The van der Waals surface area contributed by atoms with E-state index >= 15 is 0 Å². The highest BCUT2D eigenvalue weighted by atomic mass is 19.1. The first kappa shape index (κ1) is 1.94. The maximum absolute atomic E-state index is 10.9. The zero-order valence-corrected chi connectivity index (χ0v) is 2.09. The van der Waals surface area contributed by atoms with Crippen LogP contribution in [0.3, 0.4) is 0 Å². The van der Waals surface area contributed by atoms with Crippen molar-refractivity contribution in [1.82, 2.24) is 0 Å². The van der Waals surface area contributed by atoms with Crippen LogP contribution in [0.2, 0.25) is 0 Å². The van der Waals surface area contributed by atoms with Crippen molar-refractivity contribution >= 4 is 0 Å². The van der Waals surface area contributed by atoms with Crippen molar-refractivity contribution in [3.8, 4) is 0 Å². The van der Waals surface area contributed by atoms with E-state index < -0.39 is 0 Å². The van der Waals surface area contributed by atoms with Crippen LogP contribution in [0, 0.1) is 6.08 Å². The number of hydrogen-bond acceptors (Lipinski definition) is 0. The summed E-state index contributed by atoms with van der Waals surface area (Å²) in [5.41, 5.74) is 0. The predicted octanol–water partition coefficient (Wildman–Crippen LogP) is 1.05. The van der Waals surface area contributed by atoms with E-state index in [4.69, 9.17) is 0 Å². The van der Waals surface area contributed by atoms with E-state index in [1.165, 1.54) is 0 Å². The van der Waals surface area contributed by atoms with Crippen molar-refractivity contribution in [3.63, 3.8) is 0 Å². The van der Waals surface area contributed by atoms with Gasteiger partial charge in [-0.1, -0.05) is 0 Å². The van der Waals surface area contributed by atoms with E-state index in [0.29, 0.717) is 6.42 Å². The second-order valence-corrected chi connectivity index (χ2v) is 0.758. The van der Waals surface area contributed by atoms with Gasteiger partial charge in [0, 0.05) is 6.42 Å². The average Bonchev–Trinajstić information content (AvgIpc) is 1.75. The van der Waals surface area contributed by atoms with E-state index in [-0.39, 0.29) is 5.83 Å². The molecule has 0 amide bonds. The number of rotatable bonds is 0. The largest absolute Gasteiger partial charge is 0.211 e. The highest BCUT2D eigenvalue weighted by Crippen LogP contribution is 2.15. The minimum Gasteiger partial charge on any atom is -0.211 e. The molecule has 0 saturated heterocycles. The standard InChI is InChI=1S/C3H2F/c4-3-1-2-3/h1H2. The van der Waals surface area contributed by atoms with Gasteiger partial charge in [-0.3, -0.25) is 0 Å². The molecule has 0 saturated carbocycles. The summed E-state index contributed by atoms with van der Waals surface area (Å²) < 4.78 is 10.9. The molecule has 1 heteroatoms. The zero-order chi connectivity index (χ0) is 2.99. The van der Waals surface area contributed by atoms with Crippen molar-refractivity contribution in [3.05, 3.63) is 11.9 Å². The summed E-state index contributed by atoms with van der Waals surface area (Å²) in [7, 11) is 0. The first-order chi connectivity index (χ1) is 1.89. The first-order valence-corrected chi connectivity index (χ1v) is 1.15. The van der Waals surface area contributed by atoms with Crippen molar-refractivity contribution in [2.24, 2.45) is 0 Å². The second-order valence-electron chi connectivity index (χ2n) is 0.758. The molecule has 0 aromatic rings. The molecule has 1 aliphatic rings. The Kier molecular flexibility index (Phi) is 0.166. The Morgan fingerprint density at radius 2 is 2.25 bits per heavy atom. The molecule has 4 heavy (non-hydrogen) atoms. The van der Waals surface area contributed by atoms with Gasteiger partial charge in [0.1, 0.15) is 5.83 Å². The van der Waals surface area contributed by atoms with Crippen molar-refractivity contribution in [1.29, 1.82) is 0 Å². The van der Waals surface area contributed by atoms with E-state index in [9.17, 15) is 4.39 Å². The maximum Gasteiger partial charge on any atom is 0.108 e. The van der Waals surface area contributed by atoms with Gasteiger partial charge >= 0.3 is 0 Å². The molecule has 21 valence electrons. The number of hydrogen-bond donors (Lipinski definition) is 0. The lowest BCUT2D eigenvalue weighted by Gasteiger charge is -1.41. The first-order valence-electron chi connectivity index (χ1n) is 1.15. The fourth-order valence-corrected chi connectivity index (χ4v) is 0.0334. The molecule has 1 radical (unpaired) electrons. The molecule has 0 nitrogen and oxygen atoms in total. The summed E-state index contributed by atoms with van der Waals surface area (Å²) in [6.45, 7) is 0. The predicted molar refractivity (Wildman–Crippen MR) is 12.5 cm³/mol. The Morgan fingerprint density at radius 1 is 2.00 bits per heavy atom. The highest BCUT2D eigenvalue weighted by molar-refractivity contribution is 5.03. The smallest absolute Gasteiger partial charge is 0.108 e. The quantitative estimate of drug-likeness (QED) is 0.389. The van der Waals surface area contributed by atoms with Crippen molar-refractivity contribution in [2.75, 3.05) is 0 Å². The van der Waals surface area contributed by atoms with Crippen LogP contribution >= 0.6 is 0 Å². The van der Waals surface area contributed by atoms with Gasteiger partial charge in [-0.25, -0.2) is 4.39 Å². The summed E-state index contributed by atoms with van der Waals surface area (Å²) >= 11 is 0. The average molecular weight is 57.0 g/mol. The maximum atomic E-state index is 10.9. The van der Waals surface area contributed by atoms with E-state index in [1.54, 1.807) is 0 Å². The Labute approximate surface area is 23.9 Å². The van der Waals surface area contributed by atoms with Gasteiger partial charge < -0.3 is 0 Å². The van der Waals surface area contributed by atoms with Crippen LogP contribution in [0.4, 0.5) is 4.39 Å². The third-order valence-electron chi connectivity index (χ3n) is 0.310. The van der Waals surface area contributed by atoms with Crippen LogP contribution in [-0.2, 0) is 0 Å². The summed E-state index contributed by atoms with van der Waals surface area (Å²) in [5.74, 6) is -0.0833. The molecule has 0 atom stereocenters. The summed E-state index contributed by atoms with van der Waals surface area (Å²) in [6, 6.07) is 0. The lowest BCUT2D eigenvalue weighted by atomic mass is 10.9. The number of halogens is 1. The molecule has 0 bridgehead atoms. The fourth-order valence-electron chi connectivity index (χ4n) is 0.0334. The molecule has 0 N–H and O–H groups in total. The highest BCUT2D eigenvalue weighted by Gasteiger charge is 2.02. The number of allylic oxidation sites excluding steroid dienone is 2. The molecule has 0 fully saturated rings. The van der Waals surface area contributed by atoms with E-state index in [0.717, 1.165) is 0 Å². The Balaban J connectivity index is 2.54. The van der Waals surface area contributed by atoms with Gasteiger partial charge in [-0.2, -0.15) is 0 Å². The van der Waals surface area contributed by atoms with Crippen molar-refractivity contribution < 1.29 is 4.39 Å². The van der Waals surface area contributed by atoms with E-state index in [1.807, 2.05) is 0 Å². The SMILES string of the molecule is FC1=[C]C1. The molecule has 0 aromatic heterocycles. The Hall–Kier alpha value is -0.330.